The highest BCUT2D eigenvalue weighted by Gasteiger charge is 2.24. The third-order valence-corrected chi connectivity index (χ3v) is 3.76. The molecule has 1 aromatic heterocycles. The van der Waals surface area contributed by atoms with Crippen molar-refractivity contribution in [1.29, 1.82) is 0 Å². The molecule has 0 aromatic carbocycles. The summed E-state index contributed by atoms with van der Waals surface area (Å²) in [7, 11) is 2.21. The SMILES string of the molecule is CCCN(C)C[C@@H]1CCN(c2ncc(Br)cn2)C1. The van der Waals surface area contributed by atoms with Crippen LogP contribution in [-0.4, -0.2) is 48.1 Å². The third kappa shape index (κ3) is 3.65. The Kier molecular flexibility index (Phi) is 4.95. The molecule has 5 heteroatoms. The fourth-order valence-corrected chi connectivity index (χ4v) is 2.75. The minimum absolute atomic E-state index is 0.744. The van der Waals surface area contributed by atoms with E-state index in [1.54, 1.807) is 0 Å². The highest BCUT2D eigenvalue weighted by molar-refractivity contribution is 9.10. The molecule has 1 aliphatic rings. The topological polar surface area (TPSA) is 32.3 Å². The number of aromatic nitrogens is 2. The molecule has 0 radical (unpaired) electrons. The highest BCUT2D eigenvalue weighted by Crippen LogP contribution is 2.21. The van der Waals surface area contributed by atoms with Crippen LogP contribution in [0.4, 0.5) is 5.95 Å². The quantitative estimate of drug-likeness (QED) is 0.836. The van der Waals surface area contributed by atoms with Crippen LogP contribution in [-0.2, 0) is 0 Å². The fraction of sp³-hybridized carbons (Fsp3) is 0.692. The van der Waals surface area contributed by atoms with Crippen LogP contribution < -0.4 is 4.90 Å². The van der Waals surface area contributed by atoms with Gasteiger partial charge >= 0.3 is 0 Å². The molecule has 0 spiro atoms. The van der Waals surface area contributed by atoms with Gasteiger partial charge in [-0.2, -0.15) is 0 Å². The van der Waals surface area contributed by atoms with Crippen molar-refractivity contribution in [3.05, 3.63) is 16.9 Å². The average Bonchev–Trinajstić information content (AvgIpc) is 2.78. The number of anilines is 1. The molecule has 18 heavy (non-hydrogen) atoms. The molecule has 0 saturated carbocycles. The van der Waals surface area contributed by atoms with Gasteiger partial charge < -0.3 is 9.80 Å². The van der Waals surface area contributed by atoms with E-state index in [0.29, 0.717) is 0 Å². The van der Waals surface area contributed by atoms with Gasteiger partial charge in [0.25, 0.3) is 0 Å². The van der Waals surface area contributed by atoms with Crippen molar-refractivity contribution in [2.75, 3.05) is 38.1 Å². The summed E-state index contributed by atoms with van der Waals surface area (Å²) < 4.78 is 0.935. The van der Waals surface area contributed by atoms with Crippen LogP contribution in [0.2, 0.25) is 0 Å². The first kappa shape index (κ1) is 13.7. The first-order chi connectivity index (χ1) is 8.69. The standard InChI is InChI=1S/C13H21BrN4/c1-3-5-17(2)9-11-4-6-18(10-11)13-15-7-12(14)8-16-13/h7-8,11H,3-6,9-10H2,1-2H3/t11-/m0/s1. The van der Waals surface area contributed by atoms with Crippen LogP contribution in [0.1, 0.15) is 19.8 Å². The monoisotopic (exact) mass is 312 g/mol. The van der Waals surface area contributed by atoms with E-state index >= 15 is 0 Å². The van der Waals surface area contributed by atoms with Gasteiger partial charge in [-0.15, -0.1) is 0 Å². The normalized spacial score (nSPS) is 19.8. The Morgan fingerprint density at radius 3 is 2.83 bits per heavy atom. The maximum absolute atomic E-state index is 4.36. The Morgan fingerprint density at radius 2 is 2.17 bits per heavy atom. The van der Waals surface area contributed by atoms with Crippen molar-refractivity contribution < 1.29 is 0 Å². The van der Waals surface area contributed by atoms with E-state index in [0.717, 1.165) is 29.4 Å². The Morgan fingerprint density at radius 1 is 1.44 bits per heavy atom. The molecule has 2 heterocycles. The number of rotatable bonds is 5. The lowest BCUT2D eigenvalue weighted by atomic mass is 10.1. The Hall–Kier alpha value is -0.680. The minimum atomic E-state index is 0.744. The van der Waals surface area contributed by atoms with E-state index in [2.05, 4.69) is 49.7 Å². The van der Waals surface area contributed by atoms with Crippen molar-refractivity contribution in [3.63, 3.8) is 0 Å². The summed E-state index contributed by atoms with van der Waals surface area (Å²) in [5.74, 6) is 1.60. The van der Waals surface area contributed by atoms with E-state index in [-0.39, 0.29) is 0 Å². The number of nitrogens with zero attached hydrogens (tertiary/aromatic N) is 4. The zero-order valence-corrected chi connectivity index (χ0v) is 12.7. The van der Waals surface area contributed by atoms with Crippen molar-refractivity contribution in [2.45, 2.75) is 19.8 Å². The van der Waals surface area contributed by atoms with Crippen LogP contribution in [0.5, 0.6) is 0 Å². The van der Waals surface area contributed by atoms with Crippen molar-refractivity contribution in [1.82, 2.24) is 14.9 Å². The average molecular weight is 313 g/mol. The van der Waals surface area contributed by atoms with E-state index in [9.17, 15) is 0 Å². The van der Waals surface area contributed by atoms with Crippen LogP contribution in [0, 0.1) is 5.92 Å². The Balaban J connectivity index is 1.86. The fourth-order valence-electron chi connectivity index (χ4n) is 2.55. The zero-order chi connectivity index (χ0) is 13.0. The summed E-state index contributed by atoms with van der Waals surface area (Å²) in [4.78, 5) is 13.4. The molecule has 1 aliphatic heterocycles. The maximum atomic E-state index is 4.36. The summed E-state index contributed by atoms with van der Waals surface area (Å²) >= 11 is 3.37. The number of hydrogen-bond donors (Lipinski definition) is 0. The smallest absolute Gasteiger partial charge is 0.225 e. The molecule has 1 aromatic rings. The van der Waals surface area contributed by atoms with Gasteiger partial charge in [-0.3, -0.25) is 0 Å². The highest BCUT2D eigenvalue weighted by atomic mass is 79.9. The lowest BCUT2D eigenvalue weighted by Gasteiger charge is -2.20. The molecule has 4 nitrogen and oxygen atoms in total. The van der Waals surface area contributed by atoms with Crippen molar-refractivity contribution in [3.8, 4) is 0 Å². The van der Waals surface area contributed by atoms with E-state index in [1.165, 1.54) is 25.9 Å². The predicted octanol–water partition coefficient (Wildman–Crippen LogP) is 2.41. The molecule has 1 fully saturated rings. The molecule has 0 bridgehead atoms. The minimum Gasteiger partial charge on any atom is -0.340 e. The van der Waals surface area contributed by atoms with Gasteiger partial charge in [0, 0.05) is 32.0 Å². The second-order valence-corrected chi connectivity index (χ2v) is 5.98. The molecular weight excluding hydrogens is 292 g/mol. The zero-order valence-electron chi connectivity index (χ0n) is 11.1. The van der Waals surface area contributed by atoms with Gasteiger partial charge in [-0.1, -0.05) is 6.92 Å². The van der Waals surface area contributed by atoms with Crippen LogP contribution >= 0.6 is 15.9 Å². The summed E-state index contributed by atoms with van der Waals surface area (Å²) in [6.07, 6.45) is 6.11. The summed E-state index contributed by atoms with van der Waals surface area (Å²) in [5.41, 5.74) is 0. The van der Waals surface area contributed by atoms with E-state index in [4.69, 9.17) is 0 Å². The molecular formula is C13H21BrN4. The van der Waals surface area contributed by atoms with Gasteiger partial charge in [0.15, 0.2) is 0 Å². The molecule has 100 valence electrons. The first-order valence-electron chi connectivity index (χ1n) is 6.60. The lowest BCUT2D eigenvalue weighted by molar-refractivity contribution is 0.287. The second kappa shape index (κ2) is 6.48. The van der Waals surface area contributed by atoms with Crippen molar-refractivity contribution in [2.24, 2.45) is 5.92 Å². The van der Waals surface area contributed by atoms with Crippen molar-refractivity contribution >= 4 is 21.9 Å². The predicted molar refractivity (Wildman–Crippen MR) is 77.8 cm³/mol. The van der Waals surface area contributed by atoms with E-state index < -0.39 is 0 Å². The first-order valence-corrected chi connectivity index (χ1v) is 7.39. The molecule has 0 N–H and O–H groups in total. The van der Waals surface area contributed by atoms with Crippen LogP contribution in [0.3, 0.4) is 0 Å². The molecule has 2 rings (SSSR count). The lowest BCUT2D eigenvalue weighted by Crippen LogP contribution is -2.29. The third-order valence-electron chi connectivity index (χ3n) is 3.35. The maximum Gasteiger partial charge on any atom is 0.225 e. The van der Waals surface area contributed by atoms with E-state index in [1.807, 2.05) is 12.4 Å². The van der Waals surface area contributed by atoms with Crippen LogP contribution in [0.15, 0.2) is 16.9 Å². The van der Waals surface area contributed by atoms with Gasteiger partial charge in [0.2, 0.25) is 5.95 Å². The largest absolute Gasteiger partial charge is 0.340 e. The van der Waals surface area contributed by atoms with Gasteiger partial charge in [0.1, 0.15) is 0 Å². The molecule has 0 unspecified atom stereocenters. The second-order valence-electron chi connectivity index (χ2n) is 5.06. The summed E-state index contributed by atoms with van der Waals surface area (Å²) in [6.45, 7) is 6.75. The molecule has 1 atom stereocenters. The number of hydrogen-bond acceptors (Lipinski definition) is 4. The summed E-state index contributed by atoms with van der Waals surface area (Å²) in [6, 6.07) is 0. The van der Waals surface area contributed by atoms with Gasteiger partial charge in [0.05, 0.1) is 4.47 Å². The molecule has 0 aliphatic carbocycles. The Labute approximate surface area is 118 Å². The summed E-state index contributed by atoms with van der Waals surface area (Å²) in [5, 5.41) is 0. The Bertz CT molecular complexity index is 368. The van der Waals surface area contributed by atoms with Gasteiger partial charge in [-0.25, -0.2) is 9.97 Å². The molecule has 0 amide bonds. The van der Waals surface area contributed by atoms with Gasteiger partial charge in [-0.05, 0) is 48.3 Å². The van der Waals surface area contributed by atoms with Crippen LogP contribution in [0.25, 0.3) is 0 Å². The number of halogens is 1. The molecule has 1 saturated heterocycles.